The van der Waals surface area contributed by atoms with E-state index in [1.807, 2.05) is 13.8 Å². The summed E-state index contributed by atoms with van der Waals surface area (Å²) in [5.74, 6) is 0. The van der Waals surface area contributed by atoms with Crippen LogP contribution in [0.4, 0.5) is 0 Å². The summed E-state index contributed by atoms with van der Waals surface area (Å²) in [6.07, 6.45) is 0. The first-order valence-electron chi connectivity index (χ1n) is 3.79. The topological polar surface area (TPSA) is 38.9 Å². The Bertz CT molecular complexity index is 267. The summed E-state index contributed by atoms with van der Waals surface area (Å²) in [4.78, 5) is 4.37. The Morgan fingerprint density at radius 2 is 1.91 bits per heavy atom. The van der Waals surface area contributed by atoms with E-state index in [4.69, 9.17) is 5.73 Å². The number of aromatic nitrogens is 1. The van der Waals surface area contributed by atoms with Crippen LogP contribution in [0.15, 0.2) is 6.07 Å². The number of hydrogen-bond donors (Lipinski definition) is 1. The van der Waals surface area contributed by atoms with Crippen LogP contribution in [0.25, 0.3) is 0 Å². The first kappa shape index (κ1) is 8.21. The van der Waals surface area contributed by atoms with E-state index in [1.54, 1.807) is 0 Å². The molecule has 0 atom stereocenters. The molecule has 1 aromatic heterocycles. The number of aryl methyl sites for hydroxylation is 3. The van der Waals surface area contributed by atoms with Crippen LogP contribution in [0.1, 0.15) is 22.5 Å². The molecular formula is C9H14N2. The second kappa shape index (κ2) is 3.01. The van der Waals surface area contributed by atoms with Gasteiger partial charge in [-0.3, -0.25) is 4.98 Å². The van der Waals surface area contributed by atoms with Crippen LogP contribution >= 0.6 is 0 Å². The van der Waals surface area contributed by atoms with Crippen molar-refractivity contribution in [3.63, 3.8) is 0 Å². The number of nitrogens with zero attached hydrogens (tertiary/aromatic N) is 1. The molecule has 0 unspecified atom stereocenters. The van der Waals surface area contributed by atoms with Gasteiger partial charge in [-0.15, -0.1) is 0 Å². The lowest BCUT2D eigenvalue weighted by Crippen LogP contribution is -2.04. The fraction of sp³-hybridized carbons (Fsp3) is 0.444. The van der Waals surface area contributed by atoms with E-state index in [0.717, 1.165) is 11.4 Å². The van der Waals surface area contributed by atoms with Crippen molar-refractivity contribution in [1.82, 2.24) is 4.98 Å². The van der Waals surface area contributed by atoms with Gasteiger partial charge in [0.05, 0.1) is 5.69 Å². The first-order chi connectivity index (χ1) is 5.15. The lowest BCUT2D eigenvalue weighted by Gasteiger charge is -2.05. The van der Waals surface area contributed by atoms with Gasteiger partial charge in [0.1, 0.15) is 0 Å². The molecule has 0 aliphatic heterocycles. The van der Waals surface area contributed by atoms with Crippen LogP contribution in [0, 0.1) is 20.8 Å². The Labute approximate surface area is 67.5 Å². The maximum atomic E-state index is 5.51. The lowest BCUT2D eigenvalue weighted by molar-refractivity contribution is 0.939. The zero-order valence-corrected chi connectivity index (χ0v) is 7.31. The fourth-order valence-corrected chi connectivity index (χ4v) is 1.10. The minimum atomic E-state index is 0.535. The normalized spacial score (nSPS) is 10.2. The Hall–Kier alpha value is -0.890. The van der Waals surface area contributed by atoms with Crippen molar-refractivity contribution in [3.05, 3.63) is 28.6 Å². The summed E-state index contributed by atoms with van der Waals surface area (Å²) in [5.41, 5.74) is 10.0. The highest BCUT2D eigenvalue weighted by atomic mass is 14.7. The third-order valence-electron chi connectivity index (χ3n) is 1.95. The minimum Gasteiger partial charge on any atom is -0.325 e. The van der Waals surface area contributed by atoms with Gasteiger partial charge in [-0.25, -0.2) is 0 Å². The molecule has 0 saturated carbocycles. The van der Waals surface area contributed by atoms with Gasteiger partial charge in [0.25, 0.3) is 0 Å². The van der Waals surface area contributed by atoms with Crippen LogP contribution in [-0.4, -0.2) is 4.98 Å². The Morgan fingerprint density at radius 3 is 2.45 bits per heavy atom. The molecule has 2 nitrogen and oxygen atoms in total. The van der Waals surface area contributed by atoms with Gasteiger partial charge in [0.15, 0.2) is 0 Å². The van der Waals surface area contributed by atoms with Crippen molar-refractivity contribution >= 4 is 0 Å². The first-order valence-corrected chi connectivity index (χ1v) is 3.79. The quantitative estimate of drug-likeness (QED) is 0.658. The maximum absolute atomic E-state index is 5.51. The Balaban J connectivity index is 3.21. The SMILES string of the molecule is Cc1cc(C)c(CN)nc1C. The molecule has 1 heterocycles. The van der Waals surface area contributed by atoms with Crippen LogP contribution in [0.5, 0.6) is 0 Å². The van der Waals surface area contributed by atoms with E-state index >= 15 is 0 Å². The largest absolute Gasteiger partial charge is 0.325 e. The molecule has 0 aliphatic carbocycles. The molecule has 0 bridgehead atoms. The number of pyridine rings is 1. The van der Waals surface area contributed by atoms with E-state index in [-0.39, 0.29) is 0 Å². The van der Waals surface area contributed by atoms with Gasteiger partial charge in [0, 0.05) is 12.2 Å². The highest BCUT2D eigenvalue weighted by Gasteiger charge is 2.00. The second-order valence-corrected chi connectivity index (χ2v) is 2.86. The molecule has 1 aromatic rings. The summed E-state index contributed by atoms with van der Waals surface area (Å²) in [6.45, 7) is 6.65. The predicted octanol–water partition coefficient (Wildman–Crippen LogP) is 1.47. The molecule has 0 saturated heterocycles. The molecule has 0 aromatic carbocycles. The van der Waals surface area contributed by atoms with E-state index in [0.29, 0.717) is 6.54 Å². The van der Waals surface area contributed by atoms with Crippen LogP contribution in [0.2, 0.25) is 0 Å². The zero-order chi connectivity index (χ0) is 8.43. The number of rotatable bonds is 1. The van der Waals surface area contributed by atoms with E-state index in [2.05, 4.69) is 18.0 Å². The Morgan fingerprint density at radius 1 is 1.27 bits per heavy atom. The molecule has 0 fully saturated rings. The number of nitrogens with two attached hydrogens (primary N) is 1. The molecule has 0 amide bonds. The minimum absolute atomic E-state index is 0.535. The Kier molecular flexibility index (Phi) is 2.25. The number of hydrogen-bond acceptors (Lipinski definition) is 2. The van der Waals surface area contributed by atoms with Gasteiger partial charge in [-0.05, 0) is 31.9 Å². The predicted molar refractivity (Wildman–Crippen MR) is 46.3 cm³/mol. The van der Waals surface area contributed by atoms with Crippen molar-refractivity contribution in [3.8, 4) is 0 Å². The summed E-state index contributed by atoms with van der Waals surface area (Å²) in [7, 11) is 0. The fourth-order valence-electron chi connectivity index (χ4n) is 1.10. The third kappa shape index (κ3) is 1.57. The standard InChI is InChI=1S/C9H14N2/c1-6-4-7(2)9(5-10)11-8(6)3/h4H,5,10H2,1-3H3. The van der Waals surface area contributed by atoms with Crippen molar-refractivity contribution in [2.75, 3.05) is 0 Å². The van der Waals surface area contributed by atoms with E-state index in [9.17, 15) is 0 Å². The van der Waals surface area contributed by atoms with Gasteiger partial charge in [-0.2, -0.15) is 0 Å². The van der Waals surface area contributed by atoms with Gasteiger partial charge in [-0.1, -0.05) is 6.07 Å². The lowest BCUT2D eigenvalue weighted by atomic mass is 10.1. The third-order valence-corrected chi connectivity index (χ3v) is 1.95. The van der Waals surface area contributed by atoms with Crippen LogP contribution in [-0.2, 0) is 6.54 Å². The average Bonchev–Trinajstić information content (AvgIpc) is 1.97. The van der Waals surface area contributed by atoms with Crippen molar-refractivity contribution in [2.45, 2.75) is 27.3 Å². The van der Waals surface area contributed by atoms with Crippen LogP contribution in [0.3, 0.4) is 0 Å². The summed E-state index contributed by atoms with van der Waals surface area (Å²) < 4.78 is 0. The van der Waals surface area contributed by atoms with Crippen molar-refractivity contribution < 1.29 is 0 Å². The summed E-state index contributed by atoms with van der Waals surface area (Å²) >= 11 is 0. The molecular weight excluding hydrogens is 136 g/mol. The highest BCUT2D eigenvalue weighted by molar-refractivity contribution is 5.27. The molecule has 1 rings (SSSR count). The molecule has 0 radical (unpaired) electrons. The summed E-state index contributed by atoms with van der Waals surface area (Å²) in [5, 5.41) is 0. The molecule has 0 aliphatic rings. The molecule has 11 heavy (non-hydrogen) atoms. The van der Waals surface area contributed by atoms with Gasteiger partial charge < -0.3 is 5.73 Å². The summed E-state index contributed by atoms with van der Waals surface area (Å²) in [6, 6.07) is 2.13. The molecule has 60 valence electrons. The highest BCUT2D eigenvalue weighted by Crippen LogP contribution is 2.09. The van der Waals surface area contributed by atoms with Crippen molar-refractivity contribution in [1.29, 1.82) is 0 Å². The van der Waals surface area contributed by atoms with Gasteiger partial charge in [0.2, 0.25) is 0 Å². The van der Waals surface area contributed by atoms with Crippen molar-refractivity contribution in [2.24, 2.45) is 5.73 Å². The molecule has 0 spiro atoms. The zero-order valence-electron chi connectivity index (χ0n) is 7.31. The monoisotopic (exact) mass is 150 g/mol. The van der Waals surface area contributed by atoms with E-state index < -0.39 is 0 Å². The second-order valence-electron chi connectivity index (χ2n) is 2.86. The van der Waals surface area contributed by atoms with Crippen LogP contribution < -0.4 is 5.73 Å². The van der Waals surface area contributed by atoms with E-state index in [1.165, 1.54) is 11.1 Å². The van der Waals surface area contributed by atoms with Gasteiger partial charge >= 0.3 is 0 Å². The maximum Gasteiger partial charge on any atom is 0.0571 e. The molecule has 2 heteroatoms. The smallest absolute Gasteiger partial charge is 0.0571 e. The molecule has 2 N–H and O–H groups in total. The average molecular weight is 150 g/mol.